The molecule has 0 spiro atoms. The van der Waals surface area contributed by atoms with E-state index in [2.05, 4.69) is 15.0 Å². The third kappa shape index (κ3) is 8.00. The Hall–Kier alpha value is -4.51. The van der Waals surface area contributed by atoms with E-state index in [1.54, 1.807) is 42.5 Å². The standard InChI is InChI=1S/C29H27F2N3O3/c1-3-21-8-11-23(34-27(21)4-2)19-36-24-14-9-22(10-15-24)26(28(35)33-17-5-16-32)18-20-6-12-25(13-7-20)37-29(30)31/h3-4,6-15,18,29H,5,17,19H2,1-2H3,(H,33,35)/b21-3-,26-18+,27-4+. The van der Waals surface area contributed by atoms with E-state index in [0.717, 1.165) is 16.3 Å². The van der Waals surface area contributed by atoms with Gasteiger partial charge in [-0.2, -0.15) is 14.0 Å². The monoisotopic (exact) mass is 503 g/mol. The Bertz CT molecular complexity index is 1390. The highest BCUT2D eigenvalue weighted by atomic mass is 19.3. The lowest BCUT2D eigenvalue weighted by Gasteiger charge is -2.11. The molecule has 0 atom stereocenters. The van der Waals surface area contributed by atoms with Gasteiger partial charge in [-0.25, -0.2) is 4.98 Å². The maximum absolute atomic E-state index is 12.9. The number of carbonyl (C=O) groups excluding carboxylic acids is 1. The summed E-state index contributed by atoms with van der Waals surface area (Å²) >= 11 is 0. The summed E-state index contributed by atoms with van der Waals surface area (Å²) in [6.07, 6.45) is 5.76. The number of aromatic nitrogens is 1. The minimum atomic E-state index is -2.92. The highest BCUT2D eigenvalue weighted by molar-refractivity contribution is 6.24. The van der Waals surface area contributed by atoms with Crippen molar-refractivity contribution in [2.45, 2.75) is 33.5 Å². The van der Waals surface area contributed by atoms with Crippen molar-refractivity contribution >= 4 is 29.7 Å². The van der Waals surface area contributed by atoms with Crippen molar-refractivity contribution in [3.63, 3.8) is 0 Å². The Morgan fingerprint density at radius 1 is 1.03 bits per heavy atom. The van der Waals surface area contributed by atoms with Gasteiger partial charge in [0.05, 0.1) is 23.5 Å². The van der Waals surface area contributed by atoms with Gasteiger partial charge in [-0.3, -0.25) is 4.79 Å². The van der Waals surface area contributed by atoms with Crippen molar-refractivity contribution in [1.82, 2.24) is 10.3 Å². The van der Waals surface area contributed by atoms with Crippen molar-refractivity contribution in [2.75, 3.05) is 6.54 Å². The lowest BCUT2D eigenvalue weighted by atomic mass is 10.0. The van der Waals surface area contributed by atoms with Gasteiger partial charge in [0.2, 0.25) is 0 Å². The number of ether oxygens (including phenoxy) is 2. The van der Waals surface area contributed by atoms with Crippen LogP contribution >= 0.6 is 0 Å². The number of amides is 1. The second-order valence-electron chi connectivity index (χ2n) is 7.84. The molecule has 0 bridgehead atoms. The van der Waals surface area contributed by atoms with Gasteiger partial charge in [-0.1, -0.05) is 42.5 Å². The second-order valence-corrected chi connectivity index (χ2v) is 7.84. The number of hydrogen-bond donors (Lipinski definition) is 1. The molecule has 0 saturated heterocycles. The predicted molar refractivity (Wildman–Crippen MR) is 139 cm³/mol. The Kier molecular flexibility index (Phi) is 9.91. The van der Waals surface area contributed by atoms with E-state index in [9.17, 15) is 13.6 Å². The molecule has 8 heteroatoms. The highest BCUT2D eigenvalue weighted by Crippen LogP contribution is 2.24. The summed E-state index contributed by atoms with van der Waals surface area (Å²) < 4.78 is 35.1. The van der Waals surface area contributed by atoms with E-state index in [0.29, 0.717) is 22.4 Å². The van der Waals surface area contributed by atoms with Gasteiger partial charge < -0.3 is 14.8 Å². The number of nitrogens with zero attached hydrogens (tertiary/aromatic N) is 2. The lowest BCUT2D eigenvalue weighted by Crippen LogP contribution is -2.28. The van der Waals surface area contributed by atoms with Crippen LogP contribution < -0.4 is 25.4 Å². The van der Waals surface area contributed by atoms with E-state index >= 15 is 0 Å². The minimum absolute atomic E-state index is 0.0228. The molecule has 0 fully saturated rings. The number of halogens is 2. The van der Waals surface area contributed by atoms with Crippen LogP contribution in [-0.4, -0.2) is 24.0 Å². The van der Waals surface area contributed by atoms with E-state index in [4.69, 9.17) is 10.00 Å². The van der Waals surface area contributed by atoms with Gasteiger partial charge in [0.15, 0.2) is 0 Å². The molecule has 1 heterocycles. The number of hydrogen-bond acceptors (Lipinski definition) is 5. The van der Waals surface area contributed by atoms with Gasteiger partial charge in [-0.15, -0.1) is 0 Å². The summed E-state index contributed by atoms with van der Waals surface area (Å²) in [4.78, 5) is 17.5. The first-order valence-electron chi connectivity index (χ1n) is 11.7. The van der Waals surface area contributed by atoms with E-state index in [-0.39, 0.29) is 31.2 Å². The molecule has 0 aliphatic rings. The van der Waals surface area contributed by atoms with Gasteiger partial charge in [0.25, 0.3) is 5.91 Å². The quantitative estimate of drug-likeness (QED) is 0.251. The zero-order valence-electron chi connectivity index (χ0n) is 20.6. The van der Waals surface area contributed by atoms with E-state index in [1.165, 1.54) is 12.1 Å². The molecule has 37 heavy (non-hydrogen) atoms. The number of nitrogens with one attached hydrogen (secondary N) is 1. The van der Waals surface area contributed by atoms with Crippen molar-refractivity contribution in [3.8, 4) is 17.6 Å². The van der Waals surface area contributed by atoms with Crippen LogP contribution in [0, 0.1) is 11.3 Å². The Morgan fingerprint density at radius 3 is 2.35 bits per heavy atom. The van der Waals surface area contributed by atoms with Crippen LogP contribution in [0.4, 0.5) is 8.78 Å². The van der Waals surface area contributed by atoms with Gasteiger partial charge in [0.1, 0.15) is 18.1 Å². The maximum atomic E-state index is 12.9. The molecule has 6 nitrogen and oxygen atoms in total. The lowest BCUT2D eigenvalue weighted by molar-refractivity contribution is -0.115. The fourth-order valence-electron chi connectivity index (χ4n) is 3.49. The summed E-state index contributed by atoms with van der Waals surface area (Å²) in [5, 5.41) is 13.4. The average molecular weight is 504 g/mol. The molecule has 1 amide bonds. The first-order chi connectivity index (χ1) is 17.9. The van der Waals surface area contributed by atoms with Crippen LogP contribution in [0.3, 0.4) is 0 Å². The molecule has 190 valence electrons. The predicted octanol–water partition coefficient (Wildman–Crippen LogP) is 4.43. The number of benzene rings is 2. The molecule has 0 unspecified atom stereocenters. The largest absolute Gasteiger partial charge is 0.487 e. The van der Waals surface area contributed by atoms with E-state index < -0.39 is 6.61 Å². The molecule has 0 radical (unpaired) electrons. The topological polar surface area (TPSA) is 84.2 Å². The van der Waals surface area contributed by atoms with Crippen molar-refractivity contribution in [1.29, 1.82) is 5.26 Å². The van der Waals surface area contributed by atoms with Crippen molar-refractivity contribution < 1.29 is 23.0 Å². The SMILES string of the molecule is C/C=c1/ccc(COc2ccc(/C(=C\c3ccc(OC(F)F)cc3)C(=O)NCCC#N)cc2)n/c1=C/C. The minimum Gasteiger partial charge on any atom is -0.487 e. The maximum Gasteiger partial charge on any atom is 0.387 e. The van der Waals surface area contributed by atoms with Crippen LogP contribution in [0.2, 0.25) is 0 Å². The number of rotatable bonds is 10. The van der Waals surface area contributed by atoms with Crippen LogP contribution in [0.15, 0.2) is 60.7 Å². The van der Waals surface area contributed by atoms with Crippen LogP contribution in [-0.2, 0) is 11.4 Å². The molecule has 0 saturated carbocycles. The third-order valence-electron chi connectivity index (χ3n) is 5.33. The van der Waals surface area contributed by atoms with Crippen molar-refractivity contribution in [3.05, 3.63) is 88.1 Å². The summed E-state index contributed by atoms with van der Waals surface area (Å²) in [5.41, 5.74) is 2.39. The number of nitriles is 1. The molecule has 3 rings (SSSR count). The number of alkyl halides is 2. The molecule has 3 aromatic rings. The zero-order chi connectivity index (χ0) is 26.6. The molecule has 0 aliphatic carbocycles. The first kappa shape index (κ1) is 27.1. The number of carbonyl (C=O) groups is 1. The van der Waals surface area contributed by atoms with Gasteiger partial charge >= 0.3 is 6.61 Å². The highest BCUT2D eigenvalue weighted by Gasteiger charge is 2.13. The molecular weight excluding hydrogens is 476 g/mol. The van der Waals surface area contributed by atoms with Crippen LogP contribution in [0.1, 0.15) is 37.1 Å². The smallest absolute Gasteiger partial charge is 0.387 e. The molecular formula is C29H27F2N3O3. The number of pyridine rings is 1. The molecule has 0 aliphatic heterocycles. The summed E-state index contributed by atoms with van der Waals surface area (Å²) in [5.74, 6) is 0.267. The molecule has 1 aromatic heterocycles. The fraction of sp³-hybridized carbons (Fsp3) is 0.207. The Labute approximate surface area is 214 Å². The third-order valence-corrected chi connectivity index (χ3v) is 5.33. The van der Waals surface area contributed by atoms with Crippen molar-refractivity contribution in [2.24, 2.45) is 0 Å². The Balaban J connectivity index is 1.80. The first-order valence-corrected chi connectivity index (χ1v) is 11.7. The molecule has 2 aromatic carbocycles. The van der Waals surface area contributed by atoms with Gasteiger partial charge in [0, 0.05) is 12.1 Å². The second kappa shape index (κ2) is 13.5. The summed E-state index contributed by atoms with van der Waals surface area (Å²) in [6, 6.07) is 18.9. The zero-order valence-corrected chi connectivity index (χ0v) is 20.6. The van der Waals surface area contributed by atoms with E-state index in [1.807, 2.05) is 44.2 Å². The molecule has 1 N–H and O–H groups in total. The normalized spacial score (nSPS) is 12.4. The average Bonchev–Trinajstić information content (AvgIpc) is 2.91. The summed E-state index contributed by atoms with van der Waals surface area (Å²) in [7, 11) is 0. The van der Waals surface area contributed by atoms with Crippen LogP contribution in [0.5, 0.6) is 11.5 Å². The van der Waals surface area contributed by atoms with Gasteiger partial charge in [-0.05, 0) is 66.6 Å². The Morgan fingerprint density at radius 2 is 1.73 bits per heavy atom. The summed E-state index contributed by atoms with van der Waals surface area (Å²) in [6.45, 7) is 1.47. The fourth-order valence-corrected chi connectivity index (χ4v) is 3.49. The van der Waals surface area contributed by atoms with Crippen LogP contribution in [0.25, 0.3) is 23.8 Å².